The topological polar surface area (TPSA) is 25.4 Å². The van der Waals surface area contributed by atoms with Gasteiger partial charge >= 0.3 is 0 Å². The van der Waals surface area contributed by atoms with Crippen molar-refractivity contribution in [3.05, 3.63) is 82.5 Å². The summed E-state index contributed by atoms with van der Waals surface area (Å²) in [5, 5.41) is 0. The summed E-state index contributed by atoms with van der Waals surface area (Å²) in [6.07, 6.45) is 3.09. The fourth-order valence-electron chi connectivity index (χ4n) is 4.39. The van der Waals surface area contributed by atoms with Crippen LogP contribution in [0, 0.1) is 6.92 Å². The minimum atomic E-state index is 0.464. The monoisotopic (exact) mass is 430 g/mol. The Morgan fingerprint density at radius 3 is 2.12 bits per heavy atom. The standard InChI is InChI=1S/C29H38N2O/c1-7-21(4)31(19-23-14-11-10-12-15-23)20-26-22(5)30-27(18-28(26)32-6)29-24(8-2)16-13-17-25(29)9-3/h10-18,21H,7-9,19-20H2,1-6H3. The lowest BCUT2D eigenvalue weighted by atomic mass is 9.94. The van der Waals surface area contributed by atoms with E-state index in [9.17, 15) is 0 Å². The zero-order valence-electron chi connectivity index (χ0n) is 20.6. The molecule has 3 heteroatoms. The van der Waals surface area contributed by atoms with Crippen molar-refractivity contribution in [2.24, 2.45) is 0 Å². The molecule has 0 aliphatic heterocycles. The van der Waals surface area contributed by atoms with E-state index in [0.717, 1.165) is 49.5 Å². The number of hydrogen-bond donors (Lipinski definition) is 0. The van der Waals surface area contributed by atoms with Gasteiger partial charge < -0.3 is 4.74 Å². The van der Waals surface area contributed by atoms with E-state index in [0.29, 0.717) is 6.04 Å². The van der Waals surface area contributed by atoms with Crippen LogP contribution in [0.3, 0.4) is 0 Å². The summed E-state index contributed by atoms with van der Waals surface area (Å²) in [5.41, 5.74) is 8.54. The molecule has 1 atom stereocenters. The molecule has 0 saturated heterocycles. The number of benzene rings is 2. The van der Waals surface area contributed by atoms with E-state index in [2.05, 4.69) is 94.1 Å². The summed E-state index contributed by atoms with van der Waals surface area (Å²) < 4.78 is 5.93. The quantitative estimate of drug-likeness (QED) is 0.346. The highest BCUT2D eigenvalue weighted by atomic mass is 16.5. The molecule has 1 unspecified atom stereocenters. The molecule has 0 amide bonds. The van der Waals surface area contributed by atoms with Gasteiger partial charge in [0.15, 0.2) is 0 Å². The van der Waals surface area contributed by atoms with Gasteiger partial charge in [0, 0.05) is 42.0 Å². The van der Waals surface area contributed by atoms with Crippen LogP contribution in [-0.2, 0) is 25.9 Å². The molecule has 0 aliphatic carbocycles. The SMILES string of the molecule is CCc1cccc(CC)c1-c1cc(OC)c(CN(Cc2ccccc2)C(C)CC)c(C)n1. The van der Waals surface area contributed by atoms with Gasteiger partial charge in [0.1, 0.15) is 5.75 Å². The molecule has 0 bridgehead atoms. The largest absolute Gasteiger partial charge is 0.496 e. The minimum absolute atomic E-state index is 0.464. The fraction of sp³-hybridized carbons (Fsp3) is 0.414. The lowest BCUT2D eigenvalue weighted by Gasteiger charge is -2.30. The number of methoxy groups -OCH3 is 1. The van der Waals surface area contributed by atoms with Crippen LogP contribution < -0.4 is 4.74 Å². The van der Waals surface area contributed by atoms with Crippen LogP contribution in [0.4, 0.5) is 0 Å². The zero-order valence-corrected chi connectivity index (χ0v) is 20.6. The molecule has 0 spiro atoms. The second-order valence-electron chi connectivity index (χ2n) is 8.58. The van der Waals surface area contributed by atoms with E-state index in [1.165, 1.54) is 27.8 Å². The van der Waals surface area contributed by atoms with E-state index >= 15 is 0 Å². The highest BCUT2D eigenvalue weighted by Crippen LogP contribution is 2.33. The van der Waals surface area contributed by atoms with Crippen LogP contribution >= 0.6 is 0 Å². The molecule has 3 aromatic rings. The first-order valence-electron chi connectivity index (χ1n) is 12.0. The van der Waals surface area contributed by atoms with Crippen molar-refractivity contribution in [2.75, 3.05) is 7.11 Å². The van der Waals surface area contributed by atoms with Gasteiger partial charge in [0.2, 0.25) is 0 Å². The molecule has 1 heterocycles. The summed E-state index contributed by atoms with van der Waals surface area (Å²) >= 11 is 0. The van der Waals surface area contributed by atoms with E-state index in [-0.39, 0.29) is 0 Å². The Morgan fingerprint density at radius 1 is 0.906 bits per heavy atom. The Hall–Kier alpha value is -2.65. The first-order valence-corrected chi connectivity index (χ1v) is 12.0. The molecular weight excluding hydrogens is 392 g/mol. The Morgan fingerprint density at radius 2 is 1.56 bits per heavy atom. The molecule has 0 aliphatic rings. The molecule has 0 N–H and O–H groups in total. The molecular formula is C29H38N2O. The number of pyridine rings is 1. The van der Waals surface area contributed by atoms with Gasteiger partial charge in [-0.2, -0.15) is 0 Å². The maximum absolute atomic E-state index is 5.93. The maximum Gasteiger partial charge on any atom is 0.127 e. The summed E-state index contributed by atoms with van der Waals surface area (Å²) in [5.74, 6) is 0.932. The van der Waals surface area contributed by atoms with Crippen molar-refractivity contribution in [1.82, 2.24) is 9.88 Å². The lowest BCUT2D eigenvalue weighted by Crippen LogP contribution is -2.32. The van der Waals surface area contributed by atoms with Crippen LogP contribution in [-0.4, -0.2) is 23.0 Å². The smallest absolute Gasteiger partial charge is 0.127 e. The maximum atomic E-state index is 5.93. The highest BCUT2D eigenvalue weighted by molar-refractivity contribution is 5.70. The Bertz CT molecular complexity index is 991. The number of aromatic nitrogens is 1. The van der Waals surface area contributed by atoms with Crippen LogP contribution in [0.25, 0.3) is 11.3 Å². The molecule has 0 fully saturated rings. The zero-order chi connectivity index (χ0) is 23.1. The molecule has 1 aromatic heterocycles. The van der Waals surface area contributed by atoms with Gasteiger partial charge in [-0.15, -0.1) is 0 Å². The van der Waals surface area contributed by atoms with Crippen molar-refractivity contribution in [2.45, 2.75) is 73.0 Å². The van der Waals surface area contributed by atoms with Crippen LogP contribution in [0.5, 0.6) is 5.75 Å². The number of ether oxygens (including phenoxy) is 1. The van der Waals surface area contributed by atoms with Crippen molar-refractivity contribution < 1.29 is 4.74 Å². The molecule has 2 aromatic carbocycles. The van der Waals surface area contributed by atoms with Crippen LogP contribution in [0.15, 0.2) is 54.6 Å². The van der Waals surface area contributed by atoms with Gasteiger partial charge in [-0.3, -0.25) is 9.88 Å². The summed E-state index contributed by atoms with van der Waals surface area (Å²) in [6, 6.07) is 19.9. The van der Waals surface area contributed by atoms with E-state index in [1.54, 1.807) is 7.11 Å². The average molecular weight is 431 g/mol. The van der Waals surface area contributed by atoms with Gasteiger partial charge in [0.25, 0.3) is 0 Å². The molecule has 3 nitrogen and oxygen atoms in total. The predicted molar refractivity (Wildman–Crippen MR) is 135 cm³/mol. The van der Waals surface area contributed by atoms with Crippen LogP contribution in [0.2, 0.25) is 0 Å². The minimum Gasteiger partial charge on any atom is -0.496 e. The molecule has 0 saturated carbocycles. The third-order valence-corrected chi connectivity index (χ3v) is 6.57. The molecule has 0 radical (unpaired) electrons. The third-order valence-electron chi connectivity index (χ3n) is 6.57. The highest BCUT2D eigenvalue weighted by Gasteiger charge is 2.20. The Labute approximate surface area is 194 Å². The van der Waals surface area contributed by atoms with E-state index in [1.807, 2.05) is 0 Å². The number of hydrogen-bond acceptors (Lipinski definition) is 3. The number of nitrogens with zero attached hydrogens (tertiary/aromatic N) is 2. The van der Waals surface area contributed by atoms with Crippen molar-refractivity contribution in [3.63, 3.8) is 0 Å². The predicted octanol–water partition coefficient (Wildman–Crippen LogP) is 6.99. The third kappa shape index (κ3) is 5.39. The summed E-state index contributed by atoms with van der Waals surface area (Å²) in [6.45, 7) is 12.8. The first-order chi connectivity index (χ1) is 15.5. The van der Waals surface area contributed by atoms with Crippen molar-refractivity contribution in [3.8, 4) is 17.0 Å². The summed E-state index contributed by atoms with van der Waals surface area (Å²) in [4.78, 5) is 7.63. The molecule has 170 valence electrons. The Balaban J connectivity index is 2.01. The van der Waals surface area contributed by atoms with Gasteiger partial charge in [-0.25, -0.2) is 0 Å². The van der Waals surface area contributed by atoms with Gasteiger partial charge in [-0.05, 0) is 49.8 Å². The van der Waals surface area contributed by atoms with Gasteiger partial charge in [0.05, 0.1) is 12.8 Å². The average Bonchev–Trinajstić information content (AvgIpc) is 2.83. The van der Waals surface area contributed by atoms with E-state index in [4.69, 9.17) is 9.72 Å². The van der Waals surface area contributed by atoms with Crippen LogP contribution in [0.1, 0.15) is 62.1 Å². The number of aryl methyl sites for hydroxylation is 3. The number of rotatable bonds is 10. The molecule has 32 heavy (non-hydrogen) atoms. The first kappa shape index (κ1) is 24.0. The Kier molecular flexibility index (Phi) is 8.46. The van der Waals surface area contributed by atoms with E-state index < -0.39 is 0 Å². The second-order valence-corrected chi connectivity index (χ2v) is 8.58. The fourth-order valence-corrected chi connectivity index (χ4v) is 4.39. The normalized spacial score (nSPS) is 12.2. The van der Waals surface area contributed by atoms with Crippen molar-refractivity contribution >= 4 is 0 Å². The summed E-state index contributed by atoms with van der Waals surface area (Å²) in [7, 11) is 1.78. The second kappa shape index (κ2) is 11.3. The lowest BCUT2D eigenvalue weighted by molar-refractivity contribution is 0.183. The molecule has 3 rings (SSSR count). The van der Waals surface area contributed by atoms with Crippen molar-refractivity contribution in [1.29, 1.82) is 0 Å². The van der Waals surface area contributed by atoms with Gasteiger partial charge in [-0.1, -0.05) is 69.3 Å².